The molecule has 3 rings (SSSR count). The molecular formula is C13H17NO3. The molecule has 0 amide bonds. The van der Waals surface area contributed by atoms with E-state index in [2.05, 4.69) is 17.0 Å². The average Bonchev–Trinajstić information content (AvgIpc) is 2.89. The van der Waals surface area contributed by atoms with Crippen molar-refractivity contribution in [2.24, 2.45) is 0 Å². The van der Waals surface area contributed by atoms with Crippen molar-refractivity contribution in [2.75, 3.05) is 33.3 Å². The maximum Gasteiger partial charge on any atom is 0.102 e. The zero-order valence-electron chi connectivity index (χ0n) is 9.80. The molecule has 2 aliphatic rings. The van der Waals surface area contributed by atoms with E-state index in [-0.39, 0.29) is 5.54 Å². The van der Waals surface area contributed by atoms with Gasteiger partial charge in [-0.15, -0.1) is 0 Å². The lowest BCUT2D eigenvalue weighted by Crippen LogP contribution is -2.47. The van der Waals surface area contributed by atoms with Gasteiger partial charge in [0.25, 0.3) is 0 Å². The van der Waals surface area contributed by atoms with Crippen LogP contribution in [0.15, 0.2) is 30.3 Å². The van der Waals surface area contributed by atoms with Gasteiger partial charge in [0.05, 0.1) is 32.0 Å². The summed E-state index contributed by atoms with van der Waals surface area (Å²) >= 11 is 0. The van der Waals surface area contributed by atoms with Crippen LogP contribution in [0, 0.1) is 0 Å². The van der Waals surface area contributed by atoms with E-state index in [0.29, 0.717) is 39.9 Å². The van der Waals surface area contributed by atoms with Crippen molar-refractivity contribution >= 4 is 0 Å². The van der Waals surface area contributed by atoms with Gasteiger partial charge >= 0.3 is 0 Å². The van der Waals surface area contributed by atoms with Gasteiger partial charge in [-0.05, 0) is 5.56 Å². The minimum Gasteiger partial charge on any atom is -0.375 e. The SMILES string of the molecule is c1ccc(COCC23COCN2COC3)cc1. The fraction of sp³-hybridized carbons (Fsp3) is 0.538. The molecule has 92 valence electrons. The summed E-state index contributed by atoms with van der Waals surface area (Å²) in [6, 6.07) is 10.2. The number of rotatable bonds is 4. The maximum absolute atomic E-state index is 5.81. The Hall–Kier alpha value is -0.940. The first kappa shape index (κ1) is 11.2. The van der Waals surface area contributed by atoms with E-state index in [9.17, 15) is 0 Å². The number of hydrogen-bond acceptors (Lipinski definition) is 4. The van der Waals surface area contributed by atoms with E-state index < -0.39 is 0 Å². The molecule has 2 aliphatic heterocycles. The van der Waals surface area contributed by atoms with Crippen LogP contribution in [0.25, 0.3) is 0 Å². The molecule has 2 heterocycles. The molecule has 0 aromatic heterocycles. The maximum atomic E-state index is 5.81. The number of nitrogens with zero attached hydrogens (tertiary/aromatic N) is 1. The second-order valence-electron chi connectivity index (χ2n) is 4.70. The van der Waals surface area contributed by atoms with Crippen molar-refractivity contribution in [1.29, 1.82) is 0 Å². The molecule has 0 saturated carbocycles. The first-order valence-corrected chi connectivity index (χ1v) is 5.91. The Balaban J connectivity index is 1.54. The number of fused-ring (bicyclic) bond motifs is 1. The molecule has 2 fully saturated rings. The third-order valence-electron chi connectivity index (χ3n) is 3.39. The topological polar surface area (TPSA) is 30.9 Å². The van der Waals surface area contributed by atoms with Gasteiger partial charge in [0, 0.05) is 0 Å². The zero-order valence-corrected chi connectivity index (χ0v) is 9.80. The summed E-state index contributed by atoms with van der Waals surface area (Å²) in [5.74, 6) is 0. The number of ether oxygens (including phenoxy) is 3. The van der Waals surface area contributed by atoms with Crippen molar-refractivity contribution in [3.63, 3.8) is 0 Å². The van der Waals surface area contributed by atoms with E-state index in [1.165, 1.54) is 5.56 Å². The molecule has 0 spiro atoms. The molecule has 2 saturated heterocycles. The van der Waals surface area contributed by atoms with Crippen molar-refractivity contribution in [3.05, 3.63) is 35.9 Å². The van der Waals surface area contributed by atoms with Crippen LogP contribution in [-0.2, 0) is 20.8 Å². The highest BCUT2D eigenvalue weighted by atomic mass is 16.6. The highest BCUT2D eigenvalue weighted by Crippen LogP contribution is 2.28. The Morgan fingerprint density at radius 2 is 1.82 bits per heavy atom. The van der Waals surface area contributed by atoms with Crippen LogP contribution in [0.5, 0.6) is 0 Å². The summed E-state index contributed by atoms with van der Waals surface area (Å²) in [4.78, 5) is 2.21. The Labute approximate surface area is 101 Å². The lowest BCUT2D eigenvalue weighted by Gasteiger charge is -2.26. The predicted molar refractivity (Wildman–Crippen MR) is 62.3 cm³/mol. The minimum absolute atomic E-state index is 0.0468. The second kappa shape index (κ2) is 4.74. The number of benzene rings is 1. The molecule has 4 nitrogen and oxygen atoms in total. The van der Waals surface area contributed by atoms with Crippen molar-refractivity contribution in [2.45, 2.75) is 12.1 Å². The molecule has 0 N–H and O–H groups in total. The van der Waals surface area contributed by atoms with E-state index in [4.69, 9.17) is 14.2 Å². The third kappa shape index (κ3) is 2.21. The number of hydrogen-bond donors (Lipinski definition) is 0. The fourth-order valence-corrected chi connectivity index (χ4v) is 2.33. The smallest absolute Gasteiger partial charge is 0.102 e. The quantitative estimate of drug-likeness (QED) is 0.785. The Kier molecular flexibility index (Phi) is 3.11. The van der Waals surface area contributed by atoms with Gasteiger partial charge in [-0.1, -0.05) is 30.3 Å². The van der Waals surface area contributed by atoms with Gasteiger partial charge in [-0.25, -0.2) is 4.90 Å². The summed E-state index contributed by atoms with van der Waals surface area (Å²) in [5.41, 5.74) is 1.16. The Morgan fingerprint density at radius 3 is 2.53 bits per heavy atom. The molecule has 0 radical (unpaired) electrons. The van der Waals surface area contributed by atoms with Crippen LogP contribution in [0.3, 0.4) is 0 Å². The third-order valence-corrected chi connectivity index (χ3v) is 3.39. The molecule has 0 atom stereocenters. The van der Waals surface area contributed by atoms with Crippen LogP contribution < -0.4 is 0 Å². The Morgan fingerprint density at radius 1 is 1.12 bits per heavy atom. The molecule has 0 aliphatic carbocycles. The van der Waals surface area contributed by atoms with Crippen LogP contribution in [0.2, 0.25) is 0 Å². The lowest BCUT2D eigenvalue weighted by molar-refractivity contribution is 0.0355. The van der Waals surface area contributed by atoms with Gasteiger partial charge in [0.1, 0.15) is 13.5 Å². The largest absolute Gasteiger partial charge is 0.375 e. The van der Waals surface area contributed by atoms with Crippen molar-refractivity contribution < 1.29 is 14.2 Å². The first-order valence-electron chi connectivity index (χ1n) is 5.91. The van der Waals surface area contributed by atoms with Gasteiger partial charge < -0.3 is 14.2 Å². The summed E-state index contributed by atoms with van der Waals surface area (Å²) < 4.78 is 16.8. The van der Waals surface area contributed by atoms with Gasteiger partial charge in [0.2, 0.25) is 0 Å². The van der Waals surface area contributed by atoms with E-state index in [1.54, 1.807) is 0 Å². The molecule has 0 unspecified atom stereocenters. The molecule has 4 heteroatoms. The van der Waals surface area contributed by atoms with Crippen molar-refractivity contribution in [3.8, 4) is 0 Å². The van der Waals surface area contributed by atoms with Gasteiger partial charge in [-0.3, -0.25) is 0 Å². The van der Waals surface area contributed by atoms with E-state index in [1.807, 2.05) is 18.2 Å². The summed E-state index contributed by atoms with van der Waals surface area (Å²) in [6.45, 7) is 4.06. The minimum atomic E-state index is -0.0468. The molecule has 1 aromatic rings. The lowest BCUT2D eigenvalue weighted by atomic mass is 10.0. The molecule has 1 aromatic carbocycles. The highest BCUT2D eigenvalue weighted by molar-refractivity contribution is 5.13. The molecular weight excluding hydrogens is 218 g/mol. The standard InChI is InChI=1S/C13H17NO3/c1-2-4-12(5-3-1)6-15-7-13-8-16-10-14(13)11-17-9-13/h1-5H,6-11H2. The predicted octanol–water partition coefficient (Wildman–Crippen LogP) is 1.22. The highest BCUT2D eigenvalue weighted by Gasteiger charge is 2.46. The average molecular weight is 235 g/mol. The monoisotopic (exact) mass is 235 g/mol. The van der Waals surface area contributed by atoms with Crippen molar-refractivity contribution in [1.82, 2.24) is 4.90 Å². The normalized spacial score (nSPS) is 22.8. The second-order valence-corrected chi connectivity index (χ2v) is 4.70. The summed E-state index contributed by atoms with van der Waals surface area (Å²) in [5, 5.41) is 0. The van der Waals surface area contributed by atoms with Gasteiger partial charge in [0.15, 0.2) is 0 Å². The first-order chi connectivity index (χ1) is 8.39. The summed E-state index contributed by atoms with van der Waals surface area (Å²) in [6.07, 6.45) is 0. The summed E-state index contributed by atoms with van der Waals surface area (Å²) in [7, 11) is 0. The van der Waals surface area contributed by atoms with E-state index in [0.717, 1.165) is 0 Å². The van der Waals surface area contributed by atoms with Crippen LogP contribution in [0.1, 0.15) is 5.56 Å². The van der Waals surface area contributed by atoms with E-state index >= 15 is 0 Å². The zero-order chi connectivity index (χ0) is 11.6. The Bertz CT molecular complexity index is 358. The van der Waals surface area contributed by atoms with Gasteiger partial charge in [-0.2, -0.15) is 0 Å². The molecule has 17 heavy (non-hydrogen) atoms. The van der Waals surface area contributed by atoms with Crippen LogP contribution >= 0.6 is 0 Å². The fourth-order valence-electron chi connectivity index (χ4n) is 2.33. The molecule has 0 bridgehead atoms. The van der Waals surface area contributed by atoms with Crippen LogP contribution in [-0.4, -0.2) is 43.7 Å². The van der Waals surface area contributed by atoms with Crippen LogP contribution in [0.4, 0.5) is 0 Å².